The van der Waals surface area contributed by atoms with Crippen LogP contribution in [0.2, 0.25) is 0 Å². The number of nitrogens with two attached hydrogens (primary N) is 1. The lowest BCUT2D eigenvalue weighted by molar-refractivity contribution is 0.403. The van der Waals surface area contributed by atoms with Crippen molar-refractivity contribution >= 4 is 27.2 Å². The van der Waals surface area contributed by atoms with Gasteiger partial charge in [0, 0.05) is 19.0 Å². The highest BCUT2D eigenvalue weighted by atomic mass is 32.2. The van der Waals surface area contributed by atoms with Crippen molar-refractivity contribution in [2.75, 3.05) is 18.8 Å². The van der Waals surface area contributed by atoms with E-state index in [4.69, 9.17) is 18.0 Å². The van der Waals surface area contributed by atoms with Gasteiger partial charge < -0.3 is 5.73 Å². The lowest BCUT2D eigenvalue weighted by Crippen LogP contribution is -2.40. The van der Waals surface area contributed by atoms with Gasteiger partial charge in [0.15, 0.2) is 0 Å². The van der Waals surface area contributed by atoms with E-state index in [-0.39, 0.29) is 17.6 Å². The van der Waals surface area contributed by atoms with Gasteiger partial charge in [-0.15, -0.1) is 0 Å². The number of benzene rings is 1. The molecule has 1 aromatic carbocycles. The third-order valence-corrected chi connectivity index (χ3v) is 6.06. The summed E-state index contributed by atoms with van der Waals surface area (Å²) in [6.07, 6.45) is 0. The summed E-state index contributed by atoms with van der Waals surface area (Å²) in [5.74, 6) is -0.0818. The molecule has 0 saturated heterocycles. The zero-order valence-corrected chi connectivity index (χ0v) is 14.5. The topological polar surface area (TPSA) is 63.4 Å². The van der Waals surface area contributed by atoms with Crippen LogP contribution >= 0.6 is 12.2 Å². The number of hydrogen-bond donors (Lipinski definition) is 1. The molecule has 1 rings (SSSR count). The van der Waals surface area contributed by atoms with Gasteiger partial charge in [-0.1, -0.05) is 63.3 Å². The van der Waals surface area contributed by atoms with Crippen LogP contribution in [0.4, 0.5) is 0 Å². The molecule has 6 heteroatoms. The Hall–Kier alpha value is -0.980. The standard InChI is InChI=1S/C15H24N2O2S2/c1-4-17(10-12(2)15(16)20)21(18,19)11-13(3)14-8-6-5-7-9-14/h5-9,12-13H,4,10-11H2,1-3H3,(H2,16,20). The predicted octanol–water partition coefficient (Wildman–Crippen LogP) is 2.36. The van der Waals surface area contributed by atoms with Crippen LogP contribution in [0.5, 0.6) is 0 Å². The molecule has 0 aliphatic heterocycles. The number of rotatable bonds is 8. The zero-order chi connectivity index (χ0) is 16.0. The minimum Gasteiger partial charge on any atom is -0.393 e. The van der Waals surface area contributed by atoms with E-state index in [0.717, 1.165) is 5.56 Å². The lowest BCUT2D eigenvalue weighted by Gasteiger charge is -2.25. The number of nitrogens with zero attached hydrogens (tertiary/aromatic N) is 1. The first-order valence-electron chi connectivity index (χ1n) is 7.10. The first kappa shape index (κ1) is 18.1. The second kappa shape index (κ2) is 7.87. The molecule has 1 aromatic rings. The van der Waals surface area contributed by atoms with Crippen LogP contribution < -0.4 is 5.73 Å². The van der Waals surface area contributed by atoms with Gasteiger partial charge in [-0.2, -0.15) is 0 Å². The van der Waals surface area contributed by atoms with Gasteiger partial charge in [-0.25, -0.2) is 12.7 Å². The minimum atomic E-state index is -3.33. The first-order valence-corrected chi connectivity index (χ1v) is 9.11. The number of hydrogen-bond acceptors (Lipinski definition) is 3. The van der Waals surface area contributed by atoms with Gasteiger partial charge >= 0.3 is 0 Å². The zero-order valence-electron chi connectivity index (χ0n) is 12.8. The van der Waals surface area contributed by atoms with E-state index in [0.29, 0.717) is 18.1 Å². The monoisotopic (exact) mass is 328 g/mol. The van der Waals surface area contributed by atoms with E-state index in [9.17, 15) is 8.42 Å². The van der Waals surface area contributed by atoms with Gasteiger partial charge in [0.25, 0.3) is 0 Å². The van der Waals surface area contributed by atoms with Gasteiger partial charge in [0.1, 0.15) is 0 Å². The average molecular weight is 329 g/mol. The van der Waals surface area contributed by atoms with Crippen LogP contribution in [0.25, 0.3) is 0 Å². The highest BCUT2D eigenvalue weighted by Crippen LogP contribution is 2.19. The maximum atomic E-state index is 12.5. The Kier molecular flexibility index (Phi) is 6.77. The van der Waals surface area contributed by atoms with Crippen LogP contribution in [-0.2, 0) is 10.0 Å². The Balaban J connectivity index is 2.81. The second-order valence-corrected chi connectivity index (χ2v) is 7.83. The van der Waals surface area contributed by atoms with E-state index < -0.39 is 10.0 Å². The molecular weight excluding hydrogens is 304 g/mol. The van der Waals surface area contributed by atoms with Crippen molar-refractivity contribution in [3.8, 4) is 0 Å². The van der Waals surface area contributed by atoms with Gasteiger partial charge in [-0.3, -0.25) is 0 Å². The molecule has 2 unspecified atom stereocenters. The summed E-state index contributed by atoms with van der Waals surface area (Å²) >= 11 is 4.93. The third-order valence-electron chi connectivity index (χ3n) is 3.54. The Bertz CT molecular complexity index is 558. The molecule has 0 radical (unpaired) electrons. The van der Waals surface area contributed by atoms with Crippen LogP contribution in [0, 0.1) is 5.92 Å². The molecule has 118 valence electrons. The van der Waals surface area contributed by atoms with E-state index in [1.54, 1.807) is 0 Å². The fraction of sp³-hybridized carbons (Fsp3) is 0.533. The average Bonchev–Trinajstić information content (AvgIpc) is 2.44. The second-order valence-electron chi connectivity index (χ2n) is 5.34. The van der Waals surface area contributed by atoms with Crippen LogP contribution in [0.15, 0.2) is 30.3 Å². The van der Waals surface area contributed by atoms with Gasteiger partial charge in [0.2, 0.25) is 10.0 Å². The van der Waals surface area contributed by atoms with Crippen molar-refractivity contribution < 1.29 is 8.42 Å². The van der Waals surface area contributed by atoms with Crippen LogP contribution in [0.3, 0.4) is 0 Å². The van der Waals surface area contributed by atoms with E-state index in [1.165, 1.54) is 4.31 Å². The molecule has 0 saturated carbocycles. The summed E-state index contributed by atoms with van der Waals surface area (Å²) in [5.41, 5.74) is 6.61. The normalized spacial score (nSPS) is 14.9. The van der Waals surface area contributed by atoms with Crippen LogP contribution in [0.1, 0.15) is 32.3 Å². The van der Waals surface area contributed by atoms with Gasteiger partial charge in [0.05, 0.1) is 10.7 Å². The maximum Gasteiger partial charge on any atom is 0.214 e. The highest BCUT2D eigenvalue weighted by Gasteiger charge is 2.25. The highest BCUT2D eigenvalue weighted by molar-refractivity contribution is 7.89. The SMILES string of the molecule is CCN(CC(C)C(N)=S)S(=O)(=O)CC(C)c1ccccc1. The molecule has 0 aromatic heterocycles. The predicted molar refractivity (Wildman–Crippen MR) is 91.8 cm³/mol. The van der Waals surface area contributed by atoms with E-state index >= 15 is 0 Å². The minimum absolute atomic E-state index is 0.0506. The Morgan fingerprint density at radius 2 is 1.86 bits per heavy atom. The summed E-state index contributed by atoms with van der Waals surface area (Å²) in [5, 5.41) is 0. The number of thiocarbonyl (C=S) groups is 1. The summed E-state index contributed by atoms with van der Waals surface area (Å²) in [7, 11) is -3.33. The lowest BCUT2D eigenvalue weighted by atomic mass is 10.0. The largest absolute Gasteiger partial charge is 0.393 e. The smallest absolute Gasteiger partial charge is 0.214 e. The molecule has 0 bridgehead atoms. The summed E-state index contributed by atoms with van der Waals surface area (Å²) in [6, 6.07) is 9.67. The molecule has 2 N–H and O–H groups in total. The molecule has 2 atom stereocenters. The fourth-order valence-corrected chi connectivity index (χ4v) is 4.09. The van der Waals surface area contributed by atoms with Crippen molar-refractivity contribution in [1.29, 1.82) is 0 Å². The van der Waals surface area contributed by atoms with Crippen molar-refractivity contribution in [2.45, 2.75) is 26.7 Å². The van der Waals surface area contributed by atoms with E-state index in [2.05, 4.69) is 0 Å². The Morgan fingerprint density at radius 3 is 2.33 bits per heavy atom. The molecular formula is C15H24N2O2S2. The van der Waals surface area contributed by atoms with Crippen molar-refractivity contribution in [1.82, 2.24) is 4.31 Å². The van der Waals surface area contributed by atoms with Crippen molar-refractivity contribution in [3.05, 3.63) is 35.9 Å². The van der Waals surface area contributed by atoms with Crippen molar-refractivity contribution in [2.24, 2.45) is 11.7 Å². The molecule has 21 heavy (non-hydrogen) atoms. The summed E-state index contributed by atoms with van der Waals surface area (Å²) in [4.78, 5) is 0.347. The number of sulfonamides is 1. The molecule has 0 aliphatic rings. The molecule has 4 nitrogen and oxygen atoms in total. The molecule has 0 amide bonds. The van der Waals surface area contributed by atoms with E-state index in [1.807, 2.05) is 51.1 Å². The van der Waals surface area contributed by atoms with Crippen LogP contribution in [-0.4, -0.2) is 36.6 Å². The quantitative estimate of drug-likeness (QED) is 0.744. The maximum absolute atomic E-state index is 12.5. The molecule has 0 heterocycles. The third kappa shape index (κ3) is 5.37. The summed E-state index contributed by atoms with van der Waals surface area (Å²) < 4.78 is 26.6. The molecule has 0 fully saturated rings. The first-order chi connectivity index (χ1) is 9.77. The van der Waals surface area contributed by atoms with Crippen molar-refractivity contribution in [3.63, 3.8) is 0 Å². The Labute approximate surface area is 133 Å². The fourth-order valence-electron chi connectivity index (χ4n) is 2.13. The summed E-state index contributed by atoms with van der Waals surface area (Å²) in [6.45, 7) is 6.38. The molecule has 0 spiro atoms. The Morgan fingerprint density at radius 1 is 1.29 bits per heavy atom. The molecule has 0 aliphatic carbocycles. The van der Waals surface area contributed by atoms with Gasteiger partial charge in [-0.05, 0) is 11.5 Å².